The van der Waals surface area contributed by atoms with Crippen LogP contribution in [0.4, 0.5) is 0 Å². The molecule has 1 heteroatoms. The van der Waals surface area contributed by atoms with E-state index in [1.165, 1.54) is 0 Å². The SMILES string of the molecule is CC(=O)c1cc(C)cc(C)c1-c1ccccc1. The summed E-state index contributed by atoms with van der Waals surface area (Å²) < 4.78 is 0. The lowest BCUT2D eigenvalue weighted by Crippen LogP contribution is -1.99. The highest BCUT2D eigenvalue weighted by molar-refractivity contribution is 6.01. The molecule has 0 unspecified atom stereocenters. The first-order valence-corrected chi connectivity index (χ1v) is 5.77. The molecule has 0 amide bonds. The van der Waals surface area contributed by atoms with E-state index < -0.39 is 0 Å². The van der Waals surface area contributed by atoms with Crippen molar-refractivity contribution in [2.45, 2.75) is 20.8 Å². The Morgan fingerprint density at radius 1 is 1.00 bits per heavy atom. The lowest BCUT2D eigenvalue weighted by atomic mass is 9.91. The second kappa shape index (κ2) is 4.54. The van der Waals surface area contributed by atoms with Gasteiger partial charge in [0.05, 0.1) is 0 Å². The maximum absolute atomic E-state index is 11.7. The summed E-state index contributed by atoms with van der Waals surface area (Å²) in [5, 5.41) is 0. The van der Waals surface area contributed by atoms with Crippen LogP contribution in [0.1, 0.15) is 28.4 Å². The van der Waals surface area contributed by atoms with Crippen molar-refractivity contribution in [3.05, 3.63) is 59.2 Å². The van der Waals surface area contributed by atoms with Crippen molar-refractivity contribution in [2.75, 3.05) is 0 Å². The van der Waals surface area contributed by atoms with Crippen molar-refractivity contribution in [3.8, 4) is 11.1 Å². The van der Waals surface area contributed by atoms with Gasteiger partial charge >= 0.3 is 0 Å². The third-order valence-electron chi connectivity index (χ3n) is 2.92. The van der Waals surface area contributed by atoms with Gasteiger partial charge in [-0.1, -0.05) is 42.0 Å². The van der Waals surface area contributed by atoms with Crippen LogP contribution in [-0.4, -0.2) is 5.78 Å². The highest BCUT2D eigenvalue weighted by Crippen LogP contribution is 2.28. The van der Waals surface area contributed by atoms with Crippen LogP contribution in [0.5, 0.6) is 0 Å². The topological polar surface area (TPSA) is 17.1 Å². The Bertz CT molecular complexity index is 553. The van der Waals surface area contributed by atoms with E-state index in [9.17, 15) is 4.79 Å². The van der Waals surface area contributed by atoms with Crippen LogP contribution < -0.4 is 0 Å². The predicted molar refractivity (Wildman–Crippen MR) is 71.4 cm³/mol. The van der Waals surface area contributed by atoms with Gasteiger partial charge in [0.15, 0.2) is 5.78 Å². The zero-order valence-corrected chi connectivity index (χ0v) is 10.4. The van der Waals surface area contributed by atoms with Gasteiger partial charge in [0, 0.05) is 5.56 Å². The first-order chi connectivity index (χ1) is 8.09. The van der Waals surface area contributed by atoms with Crippen LogP contribution >= 0.6 is 0 Å². The normalized spacial score (nSPS) is 10.3. The molecule has 2 aromatic carbocycles. The molecule has 86 valence electrons. The van der Waals surface area contributed by atoms with Gasteiger partial charge in [-0.05, 0) is 43.5 Å². The summed E-state index contributed by atoms with van der Waals surface area (Å²) in [5.74, 6) is 0.121. The average molecular weight is 224 g/mol. The van der Waals surface area contributed by atoms with Crippen molar-refractivity contribution in [2.24, 2.45) is 0 Å². The summed E-state index contributed by atoms with van der Waals surface area (Å²) >= 11 is 0. The summed E-state index contributed by atoms with van der Waals surface area (Å²) in [6.45, 7) is 5.70. The Balaban J connectivity index is 2.72. The van der Waals surface area contributed by atoms with E-state index >= 15 is 0 Å². The first-order valence-electron chi connectivity index (χ1n) is 5.77. The molecule has 0 aliphatic rings. The summed E-state index contributed by atoms with van der Waals surface area (Å²) in [7, 11) is 0. The van der Waals surface area contributed by atoms with Gasteiger partial charge in [0.25, 0.3) is 0 Å². The minimum absolute atomic E-state index is 0.121. The minimum atomic E-state index is 0.121. The highest BCUT2D eigenvalue weighted by atomic mass is 16.1. The molecule has 0 spiro atoms. The number of hydrogen-bond donors (Lipinski definition) is 0. The Morgan fingerprint density at radius 2 is 1.65 bits per heavy atom. The van der Waals surface area contributed by atoms with Crippen LogP contribution in [0, 0.1) is 13.8 Å². The number of carbonyl (C=O) groups is 1. The molecule has 0 aliphatic carbocycles. The smallest absolute Gasteiger partial charge is 0.160 e. The van der Waals surface area contributed by atoms with E-state index in [2.05, 4.69) is 13.0 Å². The van der Waals surface area contributed by atoms with Crippen molar-refractivity contribution >= 4 is 5.78 Å². The molecule has 0 fully saturated rings. The monoisotopic (exact) mass is 224 g/mol. The zero-order chi connectivity index (χ0) is 12.4. The number of carbonyl (C=O) groups excluding carboxylic acids is 1. The molecule has 17 heavy (non-hydrogen) atoms. The largest absolute Gasteiger partial charge is 0.294 e. The third kappa shape index (κ3) is 2.28. The van der Waals surface area contributed by atoms with E-state index in [1.807, 2.05) is 43.3 Å². The fraction of sp³-hybridized carbons (Fsp3) is 0.188. The number of ketones is 1. The van der Waals surface area contributed by atoms with E-state index in [0.29, 0.717) is 0 Å². The predicted octanol–water partition coefficient (Wildman–Crippen LogP) is 4.17. The van der Waals surface area contributed by atoms with Crippen LogP contribution in [-0.2, 0) is 0 Å². The van der Waals surface area contributed by atoms with Crippen molar-refractivity contribution in [1.82, 2.24) is 0 Å². The molecular weight excluding hydrogens is 208 g/mol. The molecule has 0 saturated heterocycles. The molecule has 1 nitrogen and oxygen atoms in total. The van der Waals surface area contributed by atoms with Gasteiger partial charge in [0.2, 0.25) is 0 Å². The Labute approximate surface area is 102 Å². The van der Waals surface area contributed by atoms with E-state index in [-0.39, 0.29) is 5.78 Å². The second-order valence-corrected chi connectivity index (χ2v) is 4.43. The molecule has 0 bridgehead atoms. The van der Waals surface area contributed by atoms with Crippen LogP contribution in [0.3, 0.4) is 0 Å². The van der Waals surface area contributed by atoms with E-state index in [4.69, 9.17) is 0 Å². The average Bonchev–Trinajstić information content (AvgIpc) is 2.29. The fourth-order valence-electron chi connectivity index (χ4n) is 2.23. The number of benzene rings is 2. The fourth-order valence-corrected chi connectivity index (χ4v) is 2.23. The Morgan fingerprint density at radius 3 is 2.24 bits per heavy atom. The van der Waals surface area contributed by atoms with Gasteiger partial charge in [-0.25, -0.2) is 0 Å². The molecule has 0 saturated carbocycles. The van der Waals surface area contributed by atoms with Crippen molar-refractivity contribution in [3.63, 3.8) is 0 Å². The molecular formula is C16H16O. The molecule has 0 atom stereocenters. The molecule has 0 radical (unpaired) electrons. The van der Waals surface area contributed by atoms with Crippen LogP contribution in [0.25, 0.3) is 11.1 Å². The maximum atomic E-state index is 11.7. The maximum Gasteiger partial charge on any atom is 0.160 e. The van der Waals surface area contributed by atoms with E-state index in [1.54, 1.807) is 6.92 Å². The van der Waals surface area contributed by atoms with Gasteiger partial charge in [-0.15, -0.1) is 0 Å². The van der Waals surface area contributed by atoms with Crippen LogP contribution in [0.2, 0.25) is 0 Å². The van der Waals surface area contributed by atoms with Gasteiger partial charge in [-0.3, -0.25) is 4.79 Å². The number of hydrogen-bond acceptors (Lipinski definition) is 1. The van der Waals surface area contributed by atoms with Gasteiger partial charge < -0.3 is 0 Å². The van der Waals surface area contributed by atoms with Crippen molar-refractivity contribution < 1.29 is 4.79 Å². The molecule has 2 aromatic rings. The first kappa shape index (κ1) is 11.6. The molecule has 0 heterocycles. The summed E-state index contributed by atoms with van der Waals surface area (Å²) in [6.07, 6.45) is 0. The molecule has 0 aliphatic heterocycles. The number of Topliss-reactive ketones (excluding diaryl/α,β-unsaturated/α-hetero) is 1. The van der Waals surface area contributed by atoms with Gasteiger partial charge in [0.1, 0.15) is 0 Å². The Hall–Kier alpha value is -1.89. The second-order valence-electron chi connectivity index (χ2n) is 4.43. The van der Waals surface area contributed by atoms with Crippen molar-refractivity contribution in [1.29, 1.82) is 0 Å². The summed E-state index contributed by atoms with van der Waals surface area (Å²) in [5.41, 5.74) is 5.27. The lowest BCUT2D eigenvalue weighted by Gasteiger charge is -2.12. The van der Waals surface area contributed by atoms with Gasteiger partial charge in [-0.2, -0.15) is 0 Å². The number of rotatable bonds is 2. The highest BCUT2D eigenvalue weighted by Gasteiger charge is 2.12. The minimum Gasteiger partial charge on any atom is -0.294 e. The lowest BCUT2D eigenvalue weighted by molar-refractivity contribution is 0.101. The molecule has 0 N–H and O–H groups in total. The summed E-state index contributed by atoms with van der Waals surface area (Å²) in [4.78, 5) is 11.7. The summed E-state index contributed by atoms with van der Waals surface area (Å²) in [6, 6.07) is 14.2. The van der Waals surface area contributed by atoms with E-state index in [0.717, 1.165) is 27.8 Å². The third-order valence-corrected chi connectivity index (χ3v) is 2.92. The molecule has 0 aromatic heterocycles. The standard InChI is InChI=1S/C16H16O/c1-11-9-12(2)16(15(10-11)13(3)17)14-7-5-4-6-8-14/h4-10H,1-3H3. The zero-order valence-electron chi connectivity index (χ0n) is 10.4. The molecule has 2 rings (SSSR count). The van der Waals surface area contributed by atoms with Crippen LogP contribution in [0.15, 0.2) is 42.5 Å². The Kier molecular flexibility index (Phi) is 3.10. The quantitative estimate of drug-likeness (QED) is 0.699. The number of aryl methyl sites for hydroxylation is 2.